The van der Waals surface area contributed by atoms with E-state index in [4.69, 9.17) is 30.6 Å². The Morgan fingerprint density at radius 2 is 1.97 bits per heavy atom. The van der Waals surface area contributed by atoms with Crippen LogP contribution in [-0.2, 0) is 17.7 Å². The molecule has 11 nitrogen and oxygen atoms in total. The van der Waals surface area contributed by atoms with E-state index in [1.807, 2.05) is 12.1 Å². The Morgan fingerprint density at radius 3 is 2.59 bits per heavy atom. The number of anilines is 1. The summed E-state index contributed by atoms with van der Waals surface area (Å²) in [6, 6.07) is 9.60. The lowest BCUT2D eigenvalue weighted by atomic mass is 10.1. The molecule has 200 valence electrons. The molecule has 3 rings (SSSR count). The molecule has 0 aliphatic heterocycles. The number of aliphatic hydroxyl groups excluding tert-OH is 1. The van der Waals surface area contributed by atoms with E-state index in [-0.39, 0.29) is 25.6 Å². The van der Waals surface area contributed by atoms with E-state index in [0.717, 1.165) is 22.6 Å². The van der Waals surface area contributed by atoms with Gasteiger partial charge in [-0.25, -0.2) is 4.79 Å². The standard InChI is InChI=1S/C16H21N5O5.C9H12OS/c1-24-12-4-10(5-13-14(12)15(18)21-26-13)7-19-8-11(6-17)9-20-16(23)25-3-2-22;1-3-7-4-5-8(10-2)9(11)6-7/h4-6,8,22H,2-3,7,9,17H2,1H3,(H2,18,21)(H,20,23);4-6,11H,3H2,1-2H3/b11-6+,19-8?;. The molecule has 0 aliphatic rings. The second-order valence-corrected chi connectivity index (χ2v) is 8.01. The molecular weight excluding hydrogens is 498 g/mol. The van der Waals surface area contributed by atoms with Crippen molar-refractivity contribution in [2.45, 2.75) is 24.8 Å². The van der Waals surface area contributed by atoms with Crippen molar-refractivity contribution in [3.05, 3.63) is 53.2 Å². The van der Waals surface area contributed by atoms with Gasteiger partial charge < -0.3 is 40.6 Å². The molecule has 2 aromatic carbocycles. The lowest BCUT2D eigenvalue weighted by Crippen LogP contribution is -2.28. The number of aliphatic hydroxyl groups is 1. The van der Waals surface area contributed by atoms with Crippen LogP contribution < -0.4 is 26.3 Å². The number of nitrogens with two attached hydrogens (primary N) is 2. The quantitative estimate of drug-likeness (QED) is 0.195. The Balaban J connectivity index is 0.000000364. The van der Waals surface area contributed by atoms with Gasteiger partial charge in [0.2, 0.25) is 0 Å². The van der Waals surface area contributed by atoms with E-state index >= 15 is 0 Å². The third kappa shape index (κ3) is 8.92. The van der Waals surface area contributed by atoms with Crippen LogP contribution >= 0.6 is 12.6 Å². The number of aryl methyl sites for hydroxylation is 1. The molecule has 0 bridgehead atoms. The fourth-order valence-electron chi connectivity index (χ4n) is 3.10. The van der Waals surface area contributed by atoms with Crippen molar-refractivity contribution >= 4 is 41.7 Å². The second kappa shape index (κ2) is 15.3. The molecule has 1 heterocycles. The van der Waals surface area contributed by atoms with Crippen LogP contribution in [0, 0.1) is 0 Å². The van der Waals surface area contributed by atoms with E-state index in [9.17, 15) is 4.79 Å². The lowest BCUT2D eigenvalue weighted by Gasteiger charge is -2.06. The van der Waals surface area contributed by atoms with Crippen LogP contribution in [0.1, 0.15) is 18.1 Å². The van der Waals surface area contributed by atoms with Gasteiger partial charge >= 0.3 is 6.09 Å². The number of nitrogens with one attached hydrogen (secondary N) is 1. The highest BCUT2D eigenvalue weighted by Crippen LogP contribution is 2.32. The Labute approximate surface area is 220 Å². The molecule has 0 spiro atoms. The zero-order chi connectivity index (χ0) is 27.2. The molecule has 1 amide bonds. The first-order chi connectivity index (χ1) is 17.9. The van der Waals surface area contributed by atoms with Crippen LogP contribution in [0.2, 0.25) is 0 Å². The largest absolute Gasteiger partial charge is 0.496 e. The van der Waals surface area contributed by atoms with E-state index in [1.165, 1.54) is 25.1 Å². The number of nitrogen functional groups attached to an aromatic ring is 1. The maximum atomic E-state index is 11.3. The molecule has 6 N–H and O–H groups in total. The van der Waals surface area contributed by atoms with Crippen molar-refractivity contribution in [3.63, 3.8) is 0 Å². The van der Waals surface area contributed by atoms with Crippen molar-refractivity contribution < 1.29 is 28.6 Å². The summed E-state index contributed by atoms with van der Waals surface area (Å²) in [5.41, 5.74) is 14.5. The lowest BCUT2D eigenvalue weighted by molar-refractivity contribution is 0.120. The Hall–Kier alpha value is -3.90. The number of ether oxygens (including phenoxy) is 3. The van der Waals surface area contributed by atoms with Gasteiger partial charge in [-0.05, 0) is 41.8 Å². The number of alkyl carbamates (subject to hydrolysis) is 1. The highest BCUT2D eigenvalue weighted by molar-refractivity contribution is 7.80. The fourth-order valence-corrected chi connectivity index (χ4v) is 3.43. The number of carbonyl (C=O) groups is 1. The minimum Gasteiger partial charge on any atom is -0.496 e. The average Bonchev–Trinajstić information content (AvgIpc) is 3.29. The predicted octanol–water partition coefficient (Wildman–Crippen LogP) is 3.10. The number of amides is 1. The van der Waals surface area contributed by atoms with Crippen LogP contribution in [0.5, 0.6) is 11.5 Å². The van der Waals surface area contributed by atoms with Crippen molar-refractivity contribution in [1.29, 1.82) is 0 Å². The molecular formula is C25H33N5O6S. The van der Waals surface area contributed by atoms with E-state index < -0.39 is 6.09 Å². The van der Waals surface area contributed by atoms with Gasteiger partial charge in [-0.2, -0.15) is 0 Å². The first-order valence-corrected chi connectivity index (χ1v) is 11.8. The number of rotatable bonds is 10. The number of benzene rings is 2. The number of aliphatic imine (C=N–C) groups is 1. The van der Waals surface area contributed by atoms with Crippen LogP contribution in [0.25, 0.3) is 11.0 Å². The Kier molecular flexibility index (Phi) is 12.1. The number of hydrogen-bond donors (Lipinski definition) is 5. The summed E-state index contributed by atoms with van der Waals surface area (Å²) >= 11 is 4.28. The van der Waals surface area contributed by atoms with Gasteiger partial charge in [0.05, 0.1) is 27.4 Å². The van der Waals surface area contributed by atoms with Gasteiger partial charge in [0, 0.05) is 29.4 Å². The summed E-state index contributed by atoms with van der Waals surface area (Å²) in [6.45, 7) is 2.29. The monoisotopic (exact) mass is 531 g/mol. The normalized spacial score (nSPS) is 11.2. The summed E-state index contributed by atoms with van der Waals surface area (Å²) in [5, 5.41) is 15.4. The SMILES string of the molecule is CCc1ccc(OC)c(S)c1.COc1cc(CN=C/C(=C\N)CNC(=O)OCCO)cc2onc(N)c12. The Morgan fingerprint density at radius 1 is 1.22 bits per heavy atom. The van der Waals surface area contributed by atoms with Gasteiger partial charge in [-0.15, -0.1) is 12.6 Å². The molecule has 0 fully saturated rings. The molecule has 0 radical (unpaired) electrons. The minimum absolute atomic E-state index is 0.0714. The van der Waals surface area contributed by atoms with Gasteiger partial charge in [0.25, 0.3) is 0 Å². The first kappa shape index (κ1) is 29.3. The maximum absolute atomic E-state index is 11.3. The number of fused-ring (bicyclic) bond motifs is 1. The second-order valence-electron chi connectivity index (χ2n) is 7.52. The van der Waals surface area contributed by atoms with E-state index in [1.54, 1.807) is 19.2 Å². The number of aromatic nitrogens is 1. The first-order valence-electron chi connectivity index (χ1n) is 11.4. The highest BCUT2D eigenvalue weighted by Gasteiger charge is 2.12. The van der Waals surface area contributed by atoms with Crippen LogP contribution in [0.3, 0.4) is 0 Å². The van der Waals surface area contributed by atoms with Crippen molar-refractivity contribution in [2.24, 2.45) is 10.7 Å². The van der Waals surface area contributed by atoms with Crippen molar-refractivity contribution in [2.75, 3.05) is 39.7 Å². The molecule has 0 aliphatic carbocycles. The van der Waals surface area contributed by atoms with E-state index in [0.29, 0.717) is 28.8 Å². The van der Waals surface area contributed by atoms with Crippen LogP contribution in [-0.4, -0.2) is 56.5 Å². The molecule has 0 saturated heterocycles. The number of carbonyl (C=O) groups excluding carboxylic acids is 1. The van der Waals surface area contributed by atoms with Gasteiger partial charge in [0.1, 0.15) is 23.5 Å². The van der Waals surface area contributed by atoms with Crippen molar-refractivity contribution in [3.8, 4) is 11.5 Å². The van der Waals surface area contributed by atoms with Gasteiger partial charge in [-0.1, -0.05) is 18.1 Å². The molecule has 1 aromatic heterocycles. The molecule has 0 saturated carbocycles. The van der Waals surface area contributed by atoms with E-state index in [2.05, 4.69) is 45.8 Å². The van der Waals surface area contributed by atoms with Gasteiger partial charge in [-0.3, -0.25) is 4.99 Å². The molecule has 3 aromatic rings. The summed E-state index contributed by atoms with van der Waals surface area (Å²) in [4.78, 5) is 16.5. The smallest absolute Gasteiger partial charge is 0.407 e. The highest BCUT2D eigenvalue weighted by atomic mass is 32.1. The fraction of sp³-hybridized carbons (Fsp3) is 0.320. The van der Waals surface area contributed by atoms with Gasteiger partial charge in [0.15, 0.2) is 11.4 Å². The number of thiol groups is 1. The molecule has 0 atom stereocenters. The summed E-state index contributed by atoms with van der Waals surface area (Å²) in [5.74, 6) is 1.65. The molecule has 0 unspecified atom stereocenters. The summed E-state index contributed by atoms with van der Waals surface area (Å²) in [7, 11) is 3.19. The predicted molar refractivity (Wildman–Crippen MR) is 146 cm³/mol. The topological polar surface area (TPSA) is 167 Å². The maximum Gasteiger partial charge on any atom is 0.407 e. The van der Waals surface area contributed by atoms with Crippen LogP contribution in [0.4, 0.5) is 10.6 Å². The molecule has 12 heteroatoms. The molecule has 37 heavy (non-hydrogen) atoms. The van der Waals surface area contributed by atoms with Crippen molar-refractivity contribution in [1.82, 2.24) is 10.5 Å². The minimum atomic E-state index is -0.648. The Bertz CT molecular complexity index is 1230. The number of nitrogens with zero attached hydrogens (tertiary/aromatic N) is 2. The zero-order valence-corrected chi connectivity index (χ0v) is 22.0. The zero-order valence-electron chi connectivity index (χ0n) is 21.1. The number of methoxy groups -OCH3 is 2. The number of hydrogen-bond acceptors (Lipinski definition) is 11. The summed E-state index contributed by atoms with van der Waals surface area (Å²) < 4.78 is 20.2. The average molecular weight is 532 g/mol. The summed E-state index contributed by atoms with van der Waals surface area (Å²) in [6.07, 6.45) is 3.26. The van der Waals surface area contributed by atoms with Crippen LogP contribution in [0.15, 0.2) is 56.5 Å². The third-order valence-corrected chi connectivity index (χ3v) is 5.35. The third-order valence-electron chi connectivity index (χ3n) is 5.00.